The fraction of sp³-hybridized carbons (Fsp3) is 0.435. The molecule has 0 saturated carbocycles. The minimum atomic E-state index is -0.693. The summed E-state index contributed by atoms with van der Waals surface area (Å²) < 4.78 is 29.8. The van der Waals surface area contributed by atoms with Crippen LogP contribution in [0, 0.1) is 0 Å². The molecule has 6 nitrogen and oxygen atoms in total. The van der Waals surface area contributed by atoms with Crippen molar-refractivity contribution in [2.45, 2.75) is 51.9 Å². The largest absolute Gasteiger partial charge is 0.502 e. The number of carbonyl (C=O) groups is 1. The molecular weight excluding hydrogens is 383 g/mol. The van der Waals surface area contributed by atoms with Crippen LogP contribution in [0.5, 0.6) is 17.2 Å². The van der Waals surface area contributed by atoms with Crippen molar-refractivity contribution in [2.75, 3.05) is 13.7 Å². The molecule has 0 unspecified atom stereocenters. The second kappa shape index (κ2) is 7.63. The summed E-state index contributed by atoms with van der Waals surface area (Å²) in [5.41, 5.74) is 1.12. The molecule has 0 N–H and O–H groups in total. The maximum Gasteiger partial charge on any atom is 0.502 e. The van der Waals surface area contributed by atoms with E-state index < -0.39 is 18.3 Å². The molecule has 1 fully saturated rings. The van der Waals surface area contributed by atoms with E-state index in [1.54, 1.807) is 19.2 Å². The quantitative estimate of drug-likeness (QED) is 0.703. The highest BCUT2D eigenvalue weighted by Crippen LogP contribution is 2.39. The minimum absolute atomic E-state index is 0.0516. The summed E-state index contributed by atoms with van der Waals surface area (Å²) in [5, 5.41) is 0. The van der Waals surface area contributed by atoms with Crippen LogP contribution in [-0.4, -0.2) is 37.8 Å². The minimum Gasteiger partial charge on any atom is -0.497 e. The Kier molecular flexibility index (Phi) is 5.28. The number of rotatable bonds is 5. The highest BCUT2D eigenvalue weighted by atomic mass is 16.7. The van der Waals surface area contributed by atoms with Crippen molar-refractivity contribution in [2.24, 2.45) is 0 Å². The van der Waals surface area contributed by atoms with Crippen molar-refractivity contribution >= 4 is 18.4 Å². The zero-order valence-corrected chi connectivity index (χ0v) is 18.1. The SMILES string of the molecule is COc1ccc(COc2ccc3c(c2B2OC(C)(C)C(C)(C)O2)OCCC3=O)cc1. The second-order valence-corrected chi connectivity index (χ2v) is 8.60. The first kappa shape index (κ1) is 20.8. The number of ketones is 1. The van der Waals surface area contributed by atoms with Crippen LogP contribution in [0.25, 0.3) is 0 Å². The predicted octanol–water partition coefficient (Wildman–Crippen LogP) is 3.54. The molecule has 0 amide bonds. The number of fused-ring (bicyclic) bond motifs is 1. The summed E-state index contributed by atoms with van der Waals surface area (Å²) in [5.74, 6) is 1.92. The molecule has 30 heavy (non-hydrogen) atoms. The topological polar surface area (TPSA) is 63.2 Å². The van der Waals surface area contributed by atoms with Gasteiger partial charge in [0.1, 0.15) is 23.9 Å². The van der Waals surface area contributed by atoms with Gasteiger partial charge in [-0.25, -0.2) is 0 Å². The van der Waals surface area contributed by atoms with Gasteiger partial charge in [-0.05, 0) is 57.5 Å². The van der Waals surface area contributed by atoms with Crippen LogP contribution in [0.4, 0.5) is 0 Å². The first-order valence-corrected chi connectivity index (χ1v) is 10.2. The molecule has 2 aromatic rings. The van der Waals surface area contributed by atoms with Crippen LogP contribution in [0.2, 0.25) is 0 Å². The standard InChI is InChI=1S/C23H27BO6/c1-22(2)23(3,4)30-24(29-22)20-19(11-10-17-18(25)12-13-27-21(17)20)28-14-15-6-8-16(26-5)9-7-15/h6-11H,12-14H2,1-5H3. The molecule has 0 atom stereocenters. The van der Waals surface area contributed by atoms with Crippen molar-refractivity contribution in [3.8, 4) is 17.2 Å². The van der Waals surface area contributed by atoms with E-state index in [-0.39, 0.29) is 5.78 Å². The van der Waals surface area contributed by atoms with Crippen LogP contribution in [0.1, 0.15) is 50.0 Å². The molecule has 2 aliphatic heterocycles. The van der Waals surface area contributed by atoms with Gasteiger partial charge in [0.25, 0.3) is 0 Å². The summed E-state index contributed by atoms with van der Waals surface area (Å²) in [4.78, 5) is 12.4. The van der Waals surface area contributed by atoms with Gasteiger partial charge in [-0.2, -0.15) is 0 Å². The zero-order valence-electron chi connectivity index (χ0n) is 18.1. The van der Waals surface area contributed by atoms with Gasteiger partial charge in [0.05, 0.1) is 35.9 Å². The maximum absolute atomic E-state index is 12.4. The maximum atomic E-state index is 12.4. The third-order valence-electron chi connectivity index (χ3n) is 6.07. The van der Waals surface area contributed by atoms with Gasteiger partial charge in [-0.1, -0.05) is 12.1 Å². The average molecular weight is 410 g/mol. The van der Waals surface area contributed by atoms with E-state index >= 15 is 0 Å². The number of carbonyl (C=O) groups excluding carboxylic acids is 1. The smallest absolute Gasteiger partial charge is 0.497 e. The van der Waals surface area contributed by atoms with Crippen molar-refractivity contribution in [1.82, 2.24) is 0 Å². The fourth-order valence-corrected chi connectivity index (χ4v) is 3.53. The van der Waals surface area contributed by atoms with E-state index in [4.69, 9.17) is 23.5 Å². The van der Waals surface area contributed by atoms with Crippen LogP contribution < -0.4 is 19.7 Å². The number of ether oxygens (including phenoxy) is 3. The molecule has 4 rings (SSSR count). The zero-order chi connectivity index (χ0) is 21.5. The van der Waals surface area contributed by atoms with Gasteiger partial charge in [-0.15, -0.1) is 0 Å². The number of Topliss-reactive ketones (excluding diaryl/α,β-unsaturated/α-hetero) is 1. The highest BCUT2D eigenvalue weighted by molar-refractivity contribution is 6.64. The molecule has 7 heteroatoms. The van der Waals surface area contributed by atoms with Gasteiger partial charge in [-0.3, -0.25) is 4.79 Å². The molecule has 2 heterocycles. The average Bonchev–Trinajstić information content (AvgIpc) is 2.93. The summed E-state index contributed by atoms with van der Waals surface area (Å²) >= 11 is 0. The first-order valence-electron chi connectivity index (χ1n) is 10.2. The van der Waals surface area contributed by atoms with Gasteiger partial charge in [0.15, 0.2) is 5.78 Å². The van der Waals surface area contributed by atoms with Crippen molar-refractivity contribution < 1.29 is 28.3 Å². The molecule has 0 aromatic heterocycles. The Bertz CT molecular complexity index is 935. The van der Waals surface area contributed by atoms with E-state index in [1.165, 1.54) is 0 Å². The number of methoxy groups -OCH3 is 1. The molecule has 1 saturated heterocycles. The number of hydrogen-bond acceptors (Lipinski definition) is 6. The Labute approximate surface area is 177 Å². The number of hydrogen-bond donors (Lipinski definition) is 0. The Balaban J connectivity index is 1.69. The molecule has 0 bridgehead atoms. The molecule has 2 aliphatic rings. The van der Waals surface area contributed by atoms with Crippen molar-refractivity contribution in [1.29, 1.82) is 0 Å². The molecule has 0 radical (unpaired) electrons. The monoisotopic (exact) mass is 410 g/mol. The summed E-state index contributed by atoms with van der Waals surface area (Å²) in [6.45, 7) is 8.65. The van der Waals surface area contributed by atoms with Crippen LogP contribution in [0.15, 0.2) is 36.4 Å². The normalized spacial score (nSPS) is 19.2. The van der Waals surface area contributed by atoms with Crippen LogP contribution in [-0.2, 0) is 15.9 Å². The highest BCUT2D eigenvalue weighted by Gasteiger charge is 2.54. The Hall–Kier alpha value is -2.51. The summed E-state index contributed by atoms with van der Waals surface area (Å²) in [6.07, 6.45) is 0.363. The summed E-state index contributed by atoms with van der Waals surface area (Å²) in [7, 11) is 0.943. The van der Waals surface area contributed by atoms with Crippen molar-refractivity contribution in [3.63, 3.8) is 0 Å². The third-order valence-corrected chi connectivity index (χ3v) is 6.07. The lowest BCUT2D eigenvalue weighted by Crippen LogP contribution is -2.41. The fourth-order valence-electron chi connectivity index (χ4n) is 3.53. The Morgan fingerprint density at radius 2 is 1.67 bits per heavy atom. The van der Waals surface area contributed by atoms with Gasteiger partial charge < -0.3 is 23.5 Å². The van der Waals surface area contributed by atoms with Gasteiger partial charge in [0, 0.05) is 6.42 Å². The Morgan fingerprint density at radius 3 is 2.30 bits per heavy atom. The van der Waals surface area contributed by atoms with E-state index in [0.717, 1.165) is 11.3 Å². The van der Waals surface area contributed by atoms with Crippen LogP contribution in [0.3, 0.4) is 0 Å². The molecule has 0 spiro atoms. The molecule has 2 aromatic carbocycles. The van der Waals surface area contributed by atoms with Crippen molar-refractivity contribution in [3.05, 3.63) is 47.5 Å². The first-order chi connectivity index (χ1) is 14.2. The summed E-state index contributed by atoms with van der Waals surface area (Å²) in [6, 6.07) is 11.2. The lowest BCUT2D eigenvalue weighted by atomic mass is 9.75. The Morgan fingerprint density at radius 1 is 1.00 bits per heavy atom. The number of benzene rings is 2. The molecular formula is C23H27BO6. The lowest BCUT2D eigenvalue weighted by molar-refractivity contribution is 0.00578. The second-order valence-electron chi connectivity index (χ2n) is 8.60. The van der Waals surface area contributed by atoms with Gasteiger partial charge in [0.2, 0.25) is 0 Å². The van der Waals surface area contributed by atoms with E-state index in [2.05, 4.69) is 0 Å². The van der Waals surface area contributed by atoms with Gasteiger partial charge >= 0.3 is 7.12 Å². The van der Waals surface area contributed by atoms with E-state index in [1.807, 2.05) is 52.0 Å². The van der Waals surface area contributed by atoms with E-state index in [0.29, 0.717) is 42.2 Å². The lowest BCUT2D eigenvalue weighted by Gasteiger charge is -2.32. The predicted molar refractivity (Wildman–Crippen MR) is 114 cm³/mol. The van der Waals surface area contributed by atoms with Crippen LogP contribution >= 0.6 is 0 Å². The van der Waals surface area contributed by atoms with E-state index in [9.17, 15) is 4.79 Å². The third kappa shape index (κ3) is 3.68. The molecule has 0 aliphatic carbocycles. The molecule has 158 valence electrons.